The second-order valence-electron chi connectivity index (χ2n) is 3.25. The highest BCUT2D eigenvalue weighted by Crippen LogP contribution is 2.05. The van der Waals surface area contributed by atoms with E-state index in [1.165, 1.54) is 31.3 Å². The Bertz CT molecular complexity index is 463. The van der Waals surface area contributed by atoms with Crippen LogP contribution in [0.1, 0.15) is 12.6 Å². The number of ether oxygens (including phenoxy) is 1. The summed E-state index contributed by atoms with van der Waals surface area (Å²) in [5.74, 6) is -0.380. The second-order valence-corrected chi connectivity index (χ2v) is 3.25. The molecule has 0 aliphatic heterocycles. The first-order chi connectivity index (χ1) is 8.67. The molecule has 0 saturated heterocycles. The van der Waals surface area contributed by atoms with E-state index in [0.717, 1.165) is 0 Å². The lowest BCUT2D eigenvalue weighted by Crippen LogP contribution is -2.01. The fourth-order valence-corrected chi connectivity index (χ4v) is 0.974. The number of aromatic nitrogens is 3. The van der Waals surface area contributed by atoms with Gasteiger partial charge < -0.3 is 4.74 Å². The van der Waals surface area contributed by atoms with Crippen LogP contribution in [0.2, 0.25) is 0 Å². The second kappa shape index (κ2) is 7.02. The van der Waals surface area contributed by atoms with Crippen molar-refractivity contribution >= 4 is 5.97 Å². The molecule has 1 aromatic rings. The summed E-state index contributed by atoms with van der Waals surface area (Å²) in [4.78, 5) is 14.5. The number of carbonyl (C=O) groups is 1. The molecule has 1 rings (SSSR count). The normalized spacial score (nSPS) is 12.1. The van der Waals surface area contributed by atoms with Gasteiger partial charge in [0.15, 0.2) is 0 Å². The van der Waals surface area contributed by atoms with Crippen molar-refractivity contribution in [3.63, 3.8) is 0 Å². The van der Waals surface area contributed by atoms with Crippen molar-refractivity contribution in [1.29, 1.82) is 0 Å². The molecule has 1 heterocycles. The fraction of sp³-hybridized carbons (Fsp3) is 0.182. The first-order valence-electron chi connectivity index (χ1n) is 5.01. The summed E-state index contributed by atoms with van der Waals surface area (Å²) in [6, 6.07) is 0. The van der Waals surface area contributed by atoms with Crippen LogP contribution in [0.25, 0.3) is 0 Å². The molecule has 0 aliphatic rings. The molecule has 96 valence electrons. The number of nitrogens with zero attached hydrogens (tertiary/aromatic N) is 2. The minimum absolute atomic E-state index is 0.224. The smallest absolute Gasteiger partial charge is 0.368 e. The van der Waals surface area contributed by atoms with Crippen LogP contribution >= 0.6 is 0 Å². The van der Waals surface area contributed by atoms with Gasteiger partial charge in [0.05, 0.1) is 6.20 Å². The van der Waals surface area contributed by atoms with Crippen LogP contribution in [-0.2, 0) is 21.0 Å². The topological polar surface area (TPSA) is 97.3 Å². The third kappa shape index (κ3) is 4.22. The van der Waals surface area contributed by atoms with Crippen molar-refractivity contribution in [2.75, 3.05) is 0 Å². The maximum Gasteiger partial charge on any atom is 0.368 e. The van der Waals surface area contributed by atoms with E-state index in [4.69, 9.17) is 9.99 Å². The number of nitrogens with one attached hydrogen (secondary N) is 1. The molecule has 18 heavy (non-hydrogen) atoms. The van der Waals surface area contributed by atoms with E-state index in [1.54, 1.807) is 0 Å². The van der Waals surface area contributed by atoms with Crippen LogP contribution in [0, 0.1) is 0 Å². The Morgan fingerprint density at radius 1 is 1.61 bits per heavy atom. The molecule has 0 atom stereocenters. The van der Waals surface area contributed by atoms with E-state index in [-0.39, 0.29) is 12.2 Å². The van der Waals surface area contributed by atoms with Crippen LogP contribution in [0.5, 0.6) is 0 Å². The zero-order valence-electron chi connectivity index (χ0n) is 9.79. The van der Waals surface area contributed by atoms with Gasteiger partial charge in [-0.3, -0.25) is 4.89 Å². The molecule has 1 aromatic heterocycles. The van der Waals surface area contributed by atoms with Crippen molar-refractivity contribution in [3.8, 4) is 0 Å². The minimum Gasteiger partial charge on any atom is -0.487 e. The van der Waals surface area contributed by atoms with Gasteiger partial charge >= 0.3 is 5.97 Å². The molecule has 0 saturated carbocycles. The molecule has 0 fully saturated rings. The summed E-state index contributed by atoms with van der Waals surface area (Å²) in [5, 5.41) is 18.1. The molecule has 0 bridgehead atoms. The van der Waals surface area contributed by atoms with Gasteiger partial charge in [-0.2, -0.15) is 20.7 Å². The van der Waals surface area contributed by atoms with Crippen molar-refractivity contribution < 1.29 is 19.7 Å². The van der Waals surface area contributed by atoms with Crippen molar-refractivity contribution in [2.45, 2.75) is 13.5 Å². The predicted molar refractivity (Wildman–Crippen MR) is 61.9 cm³/mol. The van der Waals surface area contributed by atoms with Gasteiger partial charge in [0.25, 0.3) is 0 Å². The molecular formula is C11H13N3O4. The Balaban J connectivity index is 2.60. The first kappa shape index (κ1) is 13.7. The number of hydrogen-bond acceptors (Lipinski definition) is 6. The highest BCUT2D eigenvalue weighted by molar-refractivity contribution is 5.87. The zero-order chi connectivity index (χ0) is 13.4. The number of rotatable bonds is 6. The van der Waals surface area contributed by atoms with E-state index >= 15 is 0 Å². The van der Waals surface area contributed by atoms with Gasteiger partial charge in [-0.05, 0) is 25.2 Å². The van der Waals surface area contributed by atoms with E-state index in [2.05, 4.69) is 26.9 Å². The quantitative estimate of drug-likeness (QED) is 0.260. The Morgan fingerprint density at radius 3 is 2.94 bits per heavy atom. The van der Waals surface area contributed by atoms with Gasteiger partial charge in [0.2, 0.25) is 0 Å². The highest BCUT2D eigenvalue weighted by atomic mass is 17.1. The minimum atomic E-state index is -0.828. The van der Waals surface area contributed by atoms with Gasteiger partial charge in [-0.15, -0.1) is 0 Å². The summed E-state index contributed by atoms with van der Waals surface area (Å²) < 4.78 is 5.36. The third-order valence-corrected chi connectivity index (χ3v) is 1.96. The lowest BCUT2D eigenvalue weighted by molar-refractivity contribution is -0.229. The lowest BCUT2D eigenvalue weighted by atomic mass is 10.2. The summed E-state index contributed by atoms with van der Waals surface area (Å²) >= 11 is 0. The average molecular weight is 251 g/mol. The Hall–Kier alpha value is -2.41. The molecule has 0 unspecified atom stereocenters. The number of aromatic amines is 1. The van der Waals surface area contributed by atoms with E-state index < -0.39 is 5.97 Å². The maximum absolute atomic E-state index is 10.9. The summed E-state index contributed by atoms with van der Waals surface area (Å²) in [6.45, 7) is 5.29. The van der Waals surface area contributed by atoms with E-state index in [0.29, 0.717) is 11.5 Å². The largest absolute Gasteiger partial charge is 0.487 e. The van der Waals surface area contributed by atoms with Crippen molar-refractivity contribution in [1.82, 2.24) is 15.4 Å². The van der Waals surface area contributed by atoms with Gasteiger partial charge in [0.1, 0.15) is 18.1 Å². The molecule has 0 aliphatic carbocycles. The summed E-state index contributed by atoms with van der Waals surface area (Å²) in [5.41, 5.74) is 0.861. The van der Waals surface area contributed by atoms with Crippen LogP contribution < -0.4 is 0 Å². The van der Waals surface area contributed by atoms with Crippen LogP contribution in [0.3, 0.4) is 0 Å². The molecule has 0 aromatic carbocycles. The fourth-order valence-electron chi connectivity index (χ4n) is 0.974. The predicted octanol–water partition coefficient (Wildman–Crippen LogP) is 1.35. The Morgan fingerprint density at radius 2 is 2.39 bits per heavy atom. The molecule has 0 amide bonds. The maximum atomic E-state index is 10.9. The molecular weight excluding hydrogens is 238 g/mol. The molecule has 7 nitrogen and oxygen atoms in total. The molecule has 2 N–H and O–H groups in total. The van der Waals surface area contributed by atoms with Crippen LogP contribution in [-0.4, -0.2) is 26.6 Å². The number of hydrogen-bond donors (Lipinski definition) is 2. The molecule has 7 heteroatoms. The standard InChI is InChI=1S/C11H13N3O4/c1-3-10(5-4-8(2)11(15)18-16)17-7-9-6-12-14-13-9/h3-6,16H,1,7H2,2H3,(H,12,13,14)/b8-4+,10-5+. The molecule has 0 radical (unpaired) electrons. The summed E-state index contributed by atoms with van der Waals surface area (Å²) in [7, 11) is 0. The number of H-pyrrole nitrogens is 1. The van der Waals surface area contributed by atoms with E-state index in [9.17, 15) is 4.79 Å². The first-order valence-corrected chi connectivity index (χ1v) is 5.01. The third-order valence-electron chi connectivity index (χ3n) is 1.96. The van der Waals surface area contributed by atoms with Gasteiger partial charge in [0, 0.05) is 5.57 Å². The Kier molecular flexibility index (Phi) is 5.33. The van der Waals surface area contributed by atoms with Crippen molar-refractivity contribution in [3.05, 3.63) is 48.0 Å². The van der Waals surface area contributed by atoms with Crippen molar-refractivity contribution in [2.24, 2.45) is 0 Å². The molecule has 0 spiro atoms. The van der Waals surface area contributed by atoms with E-state index in [1.807, 2.05) is 0 Å². The number of allylic oxidation sites excluding steroid dienone is 3. The summed E-state index contributed by atoms with van der Waals surface area (Å²) in [6.07, 6.45) is 5.98. The lowest BCUT2D eigenvalue weighted by Gasteiger charge is -2.03. The number of carbonyl (C=O) groups excluding carboxylic acids is 1. The zero-order valence-corrected chi connectivity index (χ0v) is 9.79. The van der Waals surface area contributed by atoms with Gasteiger partial charge in [-0.1, -0.05) is 6.58 Å². The Labute approximate surface area is 103 Å². The van der Waals surface area contributed by atoms with Crippen LogP contribution in [0.4, 0.5) is 0 Å². The highest BCUT2D eigenvalue weighted by Gasteiger charge is 2.03. The average Bonchev–Trinajstić information content (AvgIpc) is 2.90. The van der Waals surface area contributed by atoms with Crippen LogP contribution in [0.15, 0.2) is 42.3 Å². The SMILES string of the molecule is C=C/C(=C\C=C(/C)C(=O)OO)OCc1cn[nH]n1. The van der Waals surface area contributed by atoms with Gasteiger partial charge in [-0.25, -0.2) is 4.79 Å². The monoisotopic (exact) mass is 251 g/mol.